The minimum absolute atomic E-state index is 0.122. The van der Waals surface area contributed by atoms with Gasteiger partial charge in [-0.3, -0.25) is 19.3 Å². The summed E-state index contributed by atoms with van der Waals surface area (Å²) in [4.78, 5) is 49.4. The van der Waals surface area contributed by atoms with Crippen molar-refractivity contribution in [2.75, 3.05) is 7.11 Å². The fourth-order valence-corrected chi connectivity index (χ4v) is 3.28. The number of nitrogens with zero attached hydrogens (tertiary/aromatic N) is 1. The van der Waals surface area contributed by atoms with Crippen molar-refractivity contribution in [3.05, 3.63) is 35.9 Å². The van der Waals surface area contributed by atoms with Crippen LogP contribution in [-0.2, 0) is 19.1 Å². The fraction of sp³-hybridized carbons (Fsp3) is 0.412. The summed E-state index contributed by atoms with van der Waals surface area (Å²) in [6, 6.07) is 6.72. The lowest BCUT2D eigenvalue weighted by Crippen LogP contribution is -2.52. The molecule has 2 heterocycles. The smallest absolute Gasteiger partial charge is 0.325 e. The molecule has 0 spiro atoms. The van der Waals surface area contributed by atoms with Crippen molar-refractivity contribution in [1.29, 1.82) is 0 Å². The number of methoxy groups -OCH3 is 1. The van der Waals surface area contributed by atoms with Gasteiger partial charge in [-0.1, -0.05) is 30.3 Å². The molecule has 0 saturated carbocycles. The zero-order valence-electron chi connectivity index (χ0n) is 13.7. The van der Waals surface area contributed by atoms with E-state index >= 15 is 0 Å². The Labute approximate surface area is 144 Å². The SMILES string of the molecule is COC(=O)CC1NC(=O)N([C@@H]2CCC(=O)N[C@H]2c2ccccc2)C1=O. The van der Waals surface area contributed by atoms with Crippen LogP contribution in [0.15, 0.2) is 30.3 Å². The average molecular weight is 345 g/mol. The van der Waals surface area contributed by atoms with Crippen LogP contribution in [0.25, 0.3) is 0 Å². The van der Waals surface area contributed by atoms with Gasteiger partial charge in [0.25, 0.3) is 5.91 Å². The highest BCUT2D eigenvalue weighted by molar-refractivity contribution is 6.06. The minimum atomic E-state index is -0.936. The van der Waals surface area contributed by atoms with Gasteiger partial charge in [0, 0.05) is 6.42 Å². The maximum absolute atomic E-state index is 12.6. The number of rotatable bonds is 4. The van der Waals surface area contributed by atoms with E-state index in [1.165, 1.54) is 7.11 Å². The summed E-state index contributed by atoms with van der Waals surface area (Å²) in [7, 11) is 1.23. The minimum Gasteiger partial charge on any atom is -0.469 e. The van der Waals surface area contributed by atoms with Crippen LogP contribution < -0.4 is 10.6 Å². The first-order valence-corrected chi connectivity index (χ1v) is 8.06. The monoisotopic (exact) mass is 345 g/mol. The number of benzene rings is 1. The molecule has 1 unspecified atom stereocenters. The Hall–Kier alpha value is -2.90. The molecule has 3 rings (SSSR count). The summed E-state index contributed by atoms with van der Waals surface area (Å²) in [5.41, 5.74) is 0.817. The lowest BCUT2D eigenvalue weighted by molar-refractivity contribution is -0.143. The number of carbonyl (C=O) groups excluding carboxylic acids is 4. The van der Waals surface area contributed by atoms with Gasteiger partial charge in [0.1, 0.15) is 6.04 Å². The van der Waals surface area contributed by atoms with Crippen LogP contribution in [0.4, 0.5) is 4.79 Å². The number of esters is 1. The van der Waals surface area contributed by atoms with Crippen LogP contribution >= 0.6 is 0 Å². The summed E-state index contributed by atoms with van der Waals surface area (Å²) in [6.07, 6.45) is 0.384. The van der Waals surface area contributed by atoms with Crippen molar-refractivity contribution in [3.8, 4) is 0 Å². The molecule has 0 radical (unpaired) electrons. The van der Waals surface area contributed by atoms with Gasteiger partial charge in [0.15, 0.2) is 0 Å². The molecular formula is C17H19N3O5. The summed E-state index contributed by atoms with van der Waals surface area (Å²) < 4.78 is 4.56. The summed E-state index contributed by atoms with van der Waals surface area (Å²) in [6.45, 7) is 0. The molecule has 2 N–H and O–H groups in total. The number of imide groups is 1. The van der Waals surface area contributed by atoms with Gasteiger partial charge in [-0.05, 0) is 12.0 Å². The first-order valence-electron chi connectivity index (χ1n) is 8.06. The zero-order chi connectivity index (χ0) is 18.0. The second-order valence-corrected chi connectivity index (χ2v) is 6.05. The van der Waals surface area contributed by atoms with Gasteiger partial charge in [-0.2, -0.15) is 0 Å². The Morgan fingerprint density at radius 1 is 1.20 bits per heavy atom. The molecule has 0 aliphatic carbocycles. The van der Waals surface area contributed by atoms with E-state index in [-0.39, 0.29) is 18.7 Å². The van der Waals surface area contributed by atoms with Gasteiger partial charge < -0.3 is 15.4 Å². The van der Waals surface area contributed by atoms with Gasteiger partial charge >= 0.3 is 12.0 Å². The molecule has 2 saturated heterocycles. The first kappa shape index (κ1) is 16.9. The molecule has 132 valence electrons. The predicted molar refractivity (Wildman–Crippen MR) is 86.1 cm³/mol. The van der Waals surface area contributed by atoms with Crippen LogP contribution in [0.1, 0.15) is 30.9 Å². The fourth-order valence-electron chi connectivity index (χ4n) is 3.28. The number of ether oxygens (including phenoxy) is 1. The number of hydrogen-bond donors (Lipinski definition) is 2. The number of hydrogen-bond acceptors (Lipinski definition) is 5. The van der Waals surface area contributed by atoms with E-state index in [2.05, 4.69) is 15.4 Å². The second-order valence-electron chi connectivity index (χ2n) is 6.05. The van der Waals surface area contributed by atoms with E-state index in [0.717, 1.165) is 10.5 Å². The van der Waals surface area contributed by atoms with Crippen molar-refractivity contribution < 1.29 is 23.9 Å². The quantitative estimate of drug-likeness (QED) is 0.610. The van der Waals surface area contributed by atoms with Crippen LogP contribution in [0.2, 0.25) is 0 Å². The Kier molecular flexibility index (Phi) is 4.69. The van der Waals surface area contributed by atoms with Crippen LogP contribution in [0.5, 0.6) is 0 Å². The highest BCUT2D eigenvalue weighted by Crippen LogP contribution is 2.30. The maximum atomic E-state index is 12.6. The highest BCUT2D eigenvalue weighted by atomic mass is 16.5. The van der Waals surface area contributed by atoms with E-state index in [9.17, 15) is 19.2 Å². The maximum Gasteiger partial charge on any atom is 0.325 e. The number of urea groups is 1. The van der Waals surface area contributed by atoms with E-state index in [1.54, 1.807) is 0 Å². The first-order chi connectivity index (χ1) is 12.0. The molecular weight excluding hydrogens is 326 g/mol. The molecule has 0 aromatic heterocycles. The van der Waals surface area contributed by atoms with Gasteiger partial charge in [-0.25, -0.2) is 4.79 Å². The van der Waals surface area contributed by atoms with Crippen molar-refractivity contribution >= 4 is 23.8 Å². The molecule has 3 atom stereocenters. The summed E-state index contributed by atoms with van der Waals surface area (Å²) in [5, 5.41) is 5.39. The van der Waals surface area contributed by atoms with E-state index in [4.69, 9.17) is 0 Å². The van der Waals surface area contributed by atoms with Gasteiger partial charge in [0.2, 0.25) is 5.91 Å². The number of piperidine rings is 1. The normalized spacial score (nSPS) is 26.2. The van der Waals surface area contributed by atoms with Crippen LogP contribution in [-0.4, -0.2) is 47.9 Å². The second kappa shape index (κ2) is 6.92. The molecule has 2 aliphatic heterocycles. The van der Waals surface area contributed by atoms with Gasteiger partial charge in [-0.15, -0.1) is 0 Å². The van der Waals surface area contributed by atoms with Crippen molar-refractivity contribution in [1.82, 2.24) is 15.5 Å². The molecule has 2 fully saturated rings. The molecule has 2 aliphatic rings. The van der Waals surface area contributed by atoms with Crippen molar-refractivity contribution in [2.45, 2.75) is 37.4 Å². The number of amides is 4. The third-order valence-electron chi connectivity index (χ3n) is 4.51. The molecule has 1 aromatic rings. The standard InChI is InChI=1S/C17H19N3O5/c1-25-14(22)9-11-16(23)20(17(24)18-11)12-7-8-13(21)19-15(12)10-5-3-2-4-6-10/h2-6,11-12,15H,7-9H2,1H3,(H,18,24)(H,19,21)/t11?,12-,15+/m1/s1. The van der Waals surface area contributed by atoms with Crippen LogP contribution in [0.3, 0.4) is 0 Å². The van der Waals surface area contributed by atoms with Crippen molar-refractivity contribution in [3.63, 3.8) is 0 Å². The lowest BCUT2D eigenvalue weighted by Gasteiger charge is -2.36. The van der Waals surface area contributed by atoms with Crippen LogP contribution in [0, 0.1) is 0 Å². The Morgan fingerprint density at radius 3 is 2.60 bits per heavy atom. The molecule has 4 amide bonds. The van der Waals surface area contributed by atoms with E-state index in [1.807, 2.05) is 30.3 Å². The summed E-state index contributed by atoms with van der Waals surface area (Å²) in [5.74, 6) is -1.17. The number of carbonyl (C=O) groups is 4. The van der Waals surface area contributed by atoms with E-state index in [0.29, 0.717) is 6.42 Å². The molecule has 25 heavy (non-hydrogen) atoms. The summed E-state index contributed by atoms with van der Waals surface area (Å²) >= 11 is 0. The topological polar surface area (TPSA) is 105 Å². The van der Waals surface area contributed by atoms with Crippen molar-refractivity contribution in [2.24, 2.45) is 0 Å². The third-order valence-corrected chi connectivity index (χ3v) is 4.51. The predicted octanol–water partition coefficient (Wildman–Crippen LogP) is 0.490. The molecule has 1 aromatic carbocycles. The third kappa shape index (κ3) is 3.33. The molecule has 0 bridgehead atoms. The number of nitrogens with one attached hydrogen (secondary N) is 2. The van der Waals surface area contributed by atoms with E-state index < -0.39 is 36.0 Å². The Balaban J connectivity index is 1.85. The Bertz CT molecular complexity index is 705. The molecule has 8 heteroatoms. The average Bonchev–Trinajstić information content (AvgIpc) is 2.89. The lowest BCUT2D eigenvalue weighted by atomic mass is 9.90. The van der Waals surface area contributed by atoms with Gasteiger partial charge in [0.05, 0.1) is 25.6 Å². The highest BCUT2D eigenvalue weighted by Gasteiger charge is 2.47. The largest absolute Gasteiger partial charge is 0.469 e. The Morgan fingerprint density at radius 2 is 1.92 bits per heavy atom. The zero-order valence-corrected chi connectivity index (χ0v) is 13.7. The molecule has 8 nitrogen and oxygen atoms in total.